The van der Waals surface area contributed by atoms with Gasteiger partial charge >= 0.3 is 0 Å². The number of pyridine rings is 1. The van der Waals surface area contributed by atoms with Gasteiger partial charge < -0.3 is 15.6 Å². The van der Waals surface area contributed by atoms with Crippen LogP contribution in [0.1, 0.15) is 36.9 Å². The van der Waals surface area contributed by atoms with E-state index < -0.39 is 6.17 Å². The summed E-state index contributed by atoms with van der Waals surface area (Å²) < 4.78 is 13.2. The first-order valence-electron chi connectivity index (χ1n) is 9.13. The number of fused-ring (bicyclic) bond motifs is 1. The molecule has 1 atom stereocenters. The van der Waals surface area contributed by atoms with Gasteiger partial charge in [-0.05, 0) is 55.9 Å². The summed E-state index contributed by atoms with van der Waals surface area (Å²) in [4.78, 5) is 6.88. The Balaban J connectivity index is 1.78. The maximum absolute atomic E-state index is 13.2. The van der Waals surface area contributed by atoms with E-state index in [1.54, 1.807) is 20.2 Å². The first kappa shape index (κ1) is 18.6. The van der Waals surface area contributed by atoms with Crippen LogP contribution in [0.4, 0.5) is 4.39 Å². The lowest BCUT2D eigenvalue weighted by molar-refractivity contribution is 0.164. The highest BCUT2D eigenvalue weighted by molar-refractivity contribution is 5.85. The molecular formula is C20H28FN5. The van der Waals surface area contributed by atoms with Gasteiger partial charge in [-0.2, -0.15) is 0 Å². The molecule has 1 saturated heterocycles. The van der Waals surface area contributed by atoms with Crippen molar-refractivity contribution in [2.45, 2.75) is 31.9 Å². The molecule has 2 heterocycles. The Labute approximate surface area is 154 Å². The van der Waals surface area contributed by atoms with Crippen LogP contribution in [0.25, 0.3) is 16.5 Å². The molecule has 26 heavy (non-hydrogen) atoms. The van der Waals surface area contributed by atoms with Gasteiger partial charge in [0.2, 0.25) is 0 Å². The standard InChI is InChI=1S/C20H28FN5/c1-14(21)12-26-7-5-15(6-8-26)20-10-18-9-16(19(22)13-25(2)23)3-4-17(18)11-24-20/h3-4,9-11,13-15H,5-8,12,22-23H2,1-2H3/b19-13-/t14-/m1/s1. The maximum atomic E-state index is 13.2. The molecule has 0 bridgehead atoms. The number of alkyl halides is 1. The molecule has 1 aliphatic heterocycles. The monoisotopic (exact) mass is 357 g/mol. The van der Waals surface area contributed by atoms with Gasteiger partial charge in [0.05, 0.1) is 5.70 Å². The van der Waals surface area contributed by atoms with E-state index in [1.807, 2.05) is 18.3 Å². The highest BCUT2D eigenvalue weighted by Crippen LogP contribution is 2.29. The minimum atomic E-state index is -0.769. The third kappa shape index (κ3) is 4.51. The molecule has 0 aliphatic carbocycles. The fourth-order valence-corrected chi connectivity index (χ4v) is 3.62. The van der Waals surface area contributed by atoms with E-state index >= 15 is 0 Å². The molecule has 0 amide bonds. The average Bonchev–Trinajstić information content (AvgIpc) is 2.60. The van der Waals surface area contributed by atoms with Crippen LogP contribution in [-0.4, -0.2) is 47.7 Å². The third-order valence-corrected chi connectivity index (χ3v) is 4.93. The lowest BCUT2D eigenvalue weighted by atomic mass is 9.92. The third-order valence-electron chi connectivity index (χ3n) is 4.93. The van der Waals surface area contributed by atoms with Crippen LogP contribution in [0, 0.1) is 0 Å². The SMILES string of the molecule is C[C@@H](F)CN1CCC(c2cc3cc(/C(N)=C/N(C)N)ccc3cn2)CC1. The van der Waals surface area contributed by atoms with Gasteiger partial charge in [-0.1, -0.05) is 12.1 Å². The summed E-state index contributed by atoms with van der Waals surface area (Å²) in [5.41, 5.74) is 8.79. The zero-order valence-corrected chi connectivity index (χ0v) is 15.5. The second kappa shape index (κ2) is 8.01. The van der Waals surface area contributed by atoms with Crippen LogP contribution in [-0.2, 0) is 0 Å². The zero-order chi connectivity index (χ0) is 18.7. The second-order valence-electron chi connectivity index (χ2n) is 7.28. The summed E-state index contributed by atoms with van der Waals surface area (Å²) in [6.45, 7) is 4.01. The van der Waals surface area contributed by atoms with E-state index in [2.05, 4.69) is 22.0 Å². The van der Waals surface area contributed by atoms with Crippen molar-refractivity contribution in [2.24, 2.45) is 11.6 Å². The van der Waals surface area contributed by atoms with Gasteiger partial charge in [-0.25, -0.2) is 10.2 Å². The van der Waals surface area contributed by atoms with Crippen LogP contribution >= 0.6 is 0 Å². The molecule has 3 rings (SSSR count). The number of rotatable bonds is 5. The van der Waals surface area contributed by atoms with Crippen LogP contribution in [0.2, 0.25) is 0 Å². The summed E-state index contributed by atoms with van der Waals surface area (Å²) in [5, 5.41) is 3.67. The molecule has 1 fully saturated rings. The lowest BCUT2D eigenvalue weighted by Gasteiger charge is -2.32. The van der Waals surface area contributed by atoms with Crippen LogP contribution in [0.3, 0.4) is 0 Å². The number of halogens is 1. The molecule has 1 aromatic heterocycles. The summed E-state index contributed by atoms with van der Waals surface area (Å²) in [6.07, 6.45) is 4.90. The Bertz CT molecular complexity index is 779. The molecule has 5 nitrogen and oxygen atoms in total. The Morgan fingerprint density at radius 3 is 2.73 bits per heavy atom. The minimum Gasteiger partial charge on any atom is -0.397 e. The summed E-state index contributed by atoms with van der Waals surface area (Å²) in [6, 6.07) is 8.26. The molecule has 2 aromatic rings. The topological polar surface area (TPSA) is 71.4 Å². The van der Waals surface area contributed by atoms with Gasteiger partial charge in [-0.15, -0.1) is 0 Å². The first-order chi connectivity index (χ1) is 12.4. The van der Waals surface area contributed by atoms with Crippen LogP contribution in [0.15, 0.2) is 36.7 Å². The minimum absolute atomic E-state index is 0.428. The van der Waals surface area contributed by atoms with E-state index in [-0.39, 0.29) is 0 Å². The van der Waals surface area contributed by atoms with Gasteiger partial charge in [0, 0.05) is 43.0 Å². The van der Waals surface area contributed by atoms with Crippen LogP contribution in [0.5, 0.6) is 0 Å². The number of hydrazine groups is 1. The number of aromatic nitrogens is 1. The zero-order valence-electron chi connectivity index (χ0n) is 15.5. The predicted octanol–water partition coefficient (Wildman–Crippen LogP) is 2.83. The molecule has 1 aromatic carbocycles. The Kier molecular flexibility index (Phi) is 5.74. The maximum Gasteiger partial charge on any atom is 0.110 e. The van der Waals surface area contributed by atoms with Crippen molar-refractivity contribution in [3.8, 4) is 0 Å². The smallest absolute Gasteiger partial charge is 0.110 e. The van der Waals surface area contributed by atoms with E-state index in [9.17, 15) is 4.39 Å². The van der Waals surface area contributed by atoms with E-state index in [1.165, 1.54) is 5.01 Å². The fraction of sp³-hybridized carbons (Fsp3) is 0.450. The molecule has 0 unspecified atom stereocenters. The van der Waals surface area contributed by atoms with Gasteiger partial charge in [0.1, 0.15) is 6.17 Å². The number of piperidine rings is 1. The molecule has 0 saturated carbocycles. The highest BCUT2D eigenvalue weighted by atomic mass is 19.1. The molecule has 4 N–H and O–H groups in total. The number of nitrogens with zero attached hydrogens (tertiary/aromatic N) is 3. The van der Waals surface area contributed by atoms with E-state index in [0.29, 0.717) is 18.2 Å². The first-order valence-corrected chi connectivity index (χ1v) is 9.13. The predicted molar refractivity (Wildman–Crippen MR) is 105 cm³/mol. The Morgan fingerprint density at radius 1 is 1.35 bits per heavy atom. The van der Waals surface area contributed by atoms with Gasteiger partial charge in [0.25, 0.3) is 0 Å². The van der Waals surface area contributed by atoms with Crippen molar-refractivity contribution >= 4 is 16.5 Å². The van der Waals surface area contributed by atoms with Crippen molar-refractivity contribution in [1.29, 1.82) is 0 Å². The molecule has 0 radical (unpaired) electrons. The van der Waals surface area contributed by atoms with Crippen molar-refractivity contribution in [3.05, 3.63) is 47.9 Å². The summed E-state index contributed by atoms with van der Waals surface area (Å²) >= 11 is 0. The Morgan fingerprint density at radius 2 is 2.08 bits per heavy atom. The molecular weight excluding hydrogens is 329 g/mol. The number of benzene rings is 1. The molecule has 1 aliphatic rings. The summed E-state index contributed by atoms with van der Waals surface area (Å²) in [5.74, 6) is 6.07. The van der Waals surface area contributed by atoms with E-state index in [0.717, 1.165) is 48.0 Å². The molecule has 140 valence electrons. The molecule has 0 spiro atoms. The fourth-order valence-electron chi connectivity index (χ4n) is 3.62. The largest absolute Gasteiger partial charge is 0.397 e. The second-order valence-corrected chi connectivity index (χ2v) is 7.28. The van der Waals surface area contributed by atoms with Crippen molar-refractivity contribution in [2.75, 3.05) is 26.7 Å². The van der Waals surface area contributed by atoms with Crippen LogP contribution < -0.4 is 11.6 Å². The van der Waals surface area contributed by atoms with Crippen molar-refractivity contribution in [1.82, 2.24) is 14.9 Å². The Hall–Kier alpha value is -2.18. The van der Waals surface area contributed by atoms with Gasteiger partial charge in [0.15, 0.2) is 0 Å². The summed E-state index contributed by atoms with van der Waals surface area (Å²) in [7, 11) is 1.74. The quantitative estimate of drug-likeness (QED) is 0.636. The lowest BCUT2D eigenvalue weighted by Crippen LogP contribution is -2.36. The molecule has 6 heteroatoms. The highest BCUT2D eigenvalue weighted by Gasteiger charge is 2.22. The van der Waals surface area contributed by atoms with Crippen molar-refractivity contribution < 1.29 is 4.39 Å². The number of hydrogen-bond donors (Lipinski definition) is 2. The van der Waals surface area contributed by atoms with E-state index in [4.69, 9.17) is 11.6 Å². The number of likely N-dealkylation sites (tertiary alicyclic amines) is 1. The number of hydrogen-bond acceptors (Lipinski definition) is 5. The van der Waals surface area contributed by atoms with Gasteiger partial charge in [-0.3, -0.25) is 4.98 Å². The van der Waals surface area contributed by atoms with Crippen molar-refractivity contribution in [3.63, 3.8) is 0 Å². The number of nitrogens with two attached hydrogens (primary N) is 2. The average molecular weight is 357 g/mol. The normalized spacial score (nSPS) is 18.2.